The molecule has 0 aromatic heterocycles. The van der Waals surface area contributed by atoms with E-state index in [1.165, 1.54) is 0 Å². The lowest BCUT2D eigenvalue weighted by molar-refractivity contribution is -0.127. The molecule has 0 radical (unpaired) electrons. The minimum absolute atomic E-state index is 0.370. The van der Waals surface area contributed by atoms with Gasteiger partial charge in [0.15, 0.2) is 0 Å². The van der Waals surface area contributed by atoms with Gasteiger partial charge in [0.1, 0.15) is 6.04 Å². The van der Waals surface area contributed by atoms with Crippen LogP contribution >= 0.6 is 0 Å². The maximum atomic E-state index is 11.4. The molecular weight excluding hydrogens is 218 g/mol. The molecular formula is C12H17N3O2. The SMILES string of the molecule is C[C@@H](N)C(=O)N[C@H](Cc1ccccc1)C(N)=O. The van der Waals surface area contributed by atoms with Gasteiger partial charge in [-0.1, -0.05) is 30.3 Å². The normalized spacial score (nSPS) is 13.8. The zero-order valence-electron chi connectivity index (χ0n) is 9.72. The van der Waals surface area contributed by atoms with Crippen LogP contribution < -0.4 is 16.8 Å². The number of hydrogen-bond donors (Lipinski definition) is 3. The van der Waals surface area contributed by atoms with Crippen molar-refractivity contribution in [1.29, 1.82) is 0 Å². The minimum Gasteiger partial charge on any atom is -0.368 e. The predicted molar refractivity (Wildman–Crippen MR) is 64.9 cm³/mol. The summed E-state index contributed by atoms with van der Waals surface area (Å²) < 4.78 is 0. The van der Waals surface area contributed by atoms with Gasteiger partial charge in [-0.05, 0) is 12.5 Å². The summed E-state index contributed by atoms with van der Waals surface area (Å²) in [6.07, 6.45) is 0.370. The van der Waals surface area contributed by atoms with E-state index in [2.05, 4.69) is 5.32 Å². The third kappa shape index (κ3) is 4.24. The van der Waals surface area contributed by atoms with E-state index in [1.54, 1.807) is 6.92 Å². The van der Waals surface area contributed by atoms with Crippen molar-refractivity contribution in [2.75, 3.05) is 0 Å². The van der Waals surface area contributed by atoms with Crippen molar-refractivity contribution in [2.45, 2.75) is 25.4 Å². The maximum Gasteiger partial charge on any atom is 0.240 e. The highest BCUT2D eigenvalue weighted by atomic mass is 16.2. The van der Waals surface area contributed by atoms with Crippen molar-refractivity contribution < 1.29 is 9.59 Å². The summed E-state index contributed by atoms with van der Waals surface area (Å²) >= 11 is 0. The Labute approximate surface area is 100 Å². The van der Waals surface area contributed by atoms with E-state index in [1.807, 2.05) is 30.3 Å². The van der Waals surface area contributed by atoms with Gasteiger partial charge >= 0.3 is 0 Å². The van der Waals surface area contributed by atoms with E-state index >= 15 is 0 Å². The molecule has 0 aliphatic heterocycles. The number of nitrogens with two attached hydrogens (primary N) is 2. The van der Waals surface area contributed by atoms with E-state index in [0.717, 1.165) is 5.56 Å². The number of nitrogens with one attached hydrogen (secondary N) is 1. The molecule has 0 heterocycles. The summed E-state index contributed by atoms with van der Waals surface area (Å²) in [5.41, 5.74) is 11.6. The molecule has 1 aromatic carbocycles. The van der Waals surface area contributed by atoms with Crippen LogP contribution in [0.2, 0.25) is 0 Å². The summed E-state index contributed by atoms with van der Waals surface area (Å²) in [6.45, 7) is 1.55. The Hall–Kier alpha value is -1.88. The molecule has 5 N–H and O–H groups in total. The molecule has 0 unspecified atom stereocenters. The molecule has 2 atom stereocenters. The fourth-order valence-corrected chi connectivity index (χ4v) is 1.38. The van der Waals surface area contributed by atoms with Crippen LogP contribution in [0.4, 0.5) is 0 Å². The van der Waals surface area contributed by atoms with Gasteiger partial charge in [-0.25, -0.2) is 0 Å². The zero-order valence-corrected chi connectivity index (χ0v) is 9.72. The summed E-state index contributed by atoms with van der Waals surface area (Å²) in [6, 6.07) is 7.95. The Kier molecular flexibility index (Phi) is 4.66. The molecule has 1 aromatic rings. The second-order valence-corrected chi connectivity index (χ2v) is 3.94. The van der Waals surface area contributed by atoms with Gasteiger partial charge in [0.25, 0.3) is 0 Å². The van der Waals surface area contributed by atoms with Crippen LogP contribution in [0.3, 0.4) is 0 Å². The van der Waals surface area contributed by atoms with Crippen molar-refractivity contribution in [3.8, 4) is 0 Å². The van der Waals surface area contributed by atoms with E-state index in [0.29, 0.717) is 6.42 Å². The maximum absolute atomic E-state index is 11.4. The van der Waals surface area contributed by atoms with Crippen molar-refractivity contribution in [3.63, 3.8) is 0 Å². The smallest absolute Gasteiger partial charge is 0.240 e. The van der Waals surface area contributed by atoms with Crippen molar-refractivity contribution in [1.82, 2.24) is 5.32 Å². The molecule has 2 amide bonds. The number of rotatable bonds is 5. The quantitative estimate of drug-likeness (QED) is 0.644. The average Bonchev–Trinajstić information content (AvgIpc) is 2.29. The molecule has 0 saturated carbocycles. The Bertz CT molecular complexity index is 390. The number of benzene rings is 1. The highest BCUT2D eigenvalue weighted by Gasteiger charge is 2.19. The Morgan fingerprint density at radius 3 is 2.35 bits per heavy atom. The Morgan fingerprint density at radius 1 is 1.29 bits per heavy atom. The lowest BCUT2D eigenvalue weighted by Crippen LogP contribution is -2.50. The van der Waals surface area contributed by atoms with Crippen molar-refractivity contribution in [3.05, 3.63) is 35.9 Å². The molecule has 5 heteroatoms. The number of carbonyl (C=O) groups excluding carboxylic acids is 2. The minimum atomic E-state index is -0.726. The number of amides is 2. The highest BCUT2D eigenvalue weighted by Crippen LogP contribution is 2.03. The van der Waals surface area contributed by atoms with Crippen LogP contribution in [0.25, 0.3) is 0 Å². The van der Waals surface area contributed by atoms with Crippen LogP contribution in [-0.2, 0) is 16.0 Å². The highest BCUT2D eigenvalue weighted by molar-refractivity contribution is 5.88. The third-order valence-electron chi connectivity index (χ3n) is 2.36. The van der Waals surface area contributed by atoms with Gasteiger partial charge in [0, 0.05) is 6.42 Å². The summed E-state index contributed by atoms with van der Waals surface area (Å²) in [5.74, 6) is -0.951. The Morgan fingerprint density at radius 2 is 1.88 bits per heavy atom. The van der Waals surface area contributed by atoms with Crippen LogP contribution in [0, 0.1) is 0 Å². The van der Waals surface area contributed by atoms with Gasteiger partial charge in [-0.15, -0.1) is 0 Å². The molecule has 1 rings (SSSR count). The van der Waals surface area contributed by atoms with Gasteiger partial charge in [-0.3, -0.25) is 9.59 Å². The van der Waals surface area contributed by atoms with E-state index in [-0.39, 0.29) is 5.91 Å². The molecule has 17 heavy (non-hydrogen) atoms. The summed E-state index contributed by atoms with van der Waals surface area (Å²) in [5, 5.41) is 2.53. The first kappa shape index (κ1) is 13.2. The van der Waals surface area contributed by atoms with Gasteiger partial charge in [0.2, 0.25) is 11.8 Å². The summed E-state index contributed by atoms with van der Waals surface area (Å²) in [7, 11) is 0. The van der Waals surface area contributed by atoms with E-state index in [4.69, 9.17) is 11.5 Å². The first-order valence-corrected chi connectivity index (χ1v) is 5.40. The molecule has 0 fully saturated rings. The topological polar surface area (TPSA) is 98.2 Å². The van der Waals surface area contributed by atoms with Crippen LogP contribution in [-0.4, -0.2) is 23.9 Å². The number of hydrogen-bond acceptors (Lipinski definition) is 3. The fraction of sp³-hybridized carbons (Fsp3) is 0.333. The van der Waals surface area contributed by atoms with Gasteiger partial charge < -0.3 is 16.8 Å². The molecule has 0 aliphatic carbocycles. The lowest BCUT2D eigenvalue weighted by Gasteiger charge is -2.16. The van der Waals surface area contributed by atoms with Gasteiger partial charge in [0.05, 0.1) is 6.04 Å². The predicted octanol–water partition coefficient (Wildman–Crippen LogP) is -0.454. The lowest BCUT2D eigenvalue weighted by atomic mass is 10.1. The number of carbonyl (C=O) groups is 2. The Balaban J connectivity index is 2.68. The van der Waals surface area contributed by atoms with Crippen molar-refractivity contribution >= 4 is 11.8 Å². The van der Waals surface area contributed by atoms with E-state index in [9.17, 15) is 9.59 Å². The average molecular weight is 235 g/mol. The van der Waals surface area contributed by atoms with Crippen LogP contribution in [0.1, 0.15) is 12.5 Å². The molecule has 0 bridgehead atoms. The summed E-state index contributed by atoms with van der Waals surface area (Å²) in [4.78, 5) is 22.6. The molecule has 0 aliphatic rings. The van der Waals surface area contributed by atoms with Crippen LogP contribution in [0.5, 0.6) is 0 Å². The fourth-order valence-electron chi connectivity index (χ4n) is 1.38. The first-order chi connectivity index (χ1) is 8.00. The van der Waals surface area contributed by atoms with Crippen LogP contribution in [0.15, 0.2) is 30.3 Å². The third-order valence-corrected chi connectivity index (χ3v) is 2.36. The second kappa shape index (κ2) is 6.00. The molecule has 0 spiro atoms. The molecule has 5 nitrogen and oxygen atoms in total. The standard InChI is InChI=1S/C12H17N3O2/c1-8(13)12(17)15-10(11(14)16)7-9-5-3-2-4-6-9/h2-6,8,10H,7,13H2,1H3,(H2,14,16)(H,15,17)/t8-,10-/m1/s1. The molecule has 92 valence electrons. The zero-order chi connectivity index (χ0) is 12.8. The second-order valence-electron chi connectivity index (χ2n) is 3.94. The van der Waals surface area contributed by atoms with Gasteiger partial charge in [-0.2, -0.15) is 0 Å². The van der Waals surface area contributed by atoms with Crippen molar-refractivity contribution in [2.24, 2.45) is 11.5 Å². The molecule has 0 saturated heterocycles. The largest absolute Gasteiger partial charge is 0.368 e. The number of primary amides is 1. The van der Waals surface area contributed by atoms with E-state index < -0.39 is 18.0 Å². The first-order valence-electron chi connectivity index (χ1n) is 5.40. The monoisotopic (exact) mass is 235 g/mol.